The largest absolute Gasteiger partial charge is 0.355 e. The number of nitrogens with one attached hydrogen (secondary N) is 1. The first-order valence-corrected chi connectivity index (χ1v) is 7.44. The Morgan fingerprint density at radius 1 is 0.913 bits per heavy atom. The zero-order valence-electron chi connectivity index (χ0n) is 12.3. The van der Waals surface area contributed by atoms with Gasteiger partial charge in [-0.25, -0.2) is 0 Å². The maximum atomic E-state index is 11.0. The summed E-state index contributed by atoms with van der Waals surface area (Å²) in [5.74, 6) is 0. The SMILES string of the molecule is O=[N+]([O-])c1cccc(-c2cccc3c2Cc2ccccc2N3)c1. The predicted octanol–water partition coefficient (Wildman–Crippen LogP) is 4.91. The Labute approximate surface area is 133 Å². The number of nitro groups is 1. The first-order valence-electron chi connectivity index (χ1n) is 7.44. The van der Waals surface area contributed by atoms with Gasteiger partial charge in [-0.3, -0.25) is 10.1 Å². The minimum atomic E-state index is -0.355. The summed E-state index contributed by atoms with van der Waals surface area (Å²) >= 11 is 0. The molecule has 0 fully saturated rings. The molecule has 0 spiro atoms. The Kier molecular flexibility index (Phi) is 3.08. The van der Waals surface area contributed by atoms with Gasteiger partial charge in [0, 0.05) is 29.9 Å². The summed E-state index contributed by atoms with van der Waals surface area (Å²) in [4.78, 5) is 10.7. The molecule has 1 aliphatic heterocycles. The Morgan fingerprint density at radius 2 is 1.70 bits per heavy atom. The summed E-state index contributed by atoms with van der Waals surface area (Å²) in [6, 6.07) is 21.1. The van der Waals surface area contributed by atoms with E-state index in [0.717, 1.165) is 28.9 Å². The van der Waals surface area contributed by atoms with Gasteiger partial charge in [-0.1, -0.05) is 42.5 Å². The number of non-ortho nitro benzene ring substituents is 1. The number of nitro benzene ring substituents is 1. The van der Waals surface area contributed by atoms with E-state index < -0.39 is 0 Å². The molecule has 0 amide bonds. The van der Waals surface area contributed by atoms with Gasteiger partial charge in [0.05, 0.1) is 4.92 Å². The Bertz CT molecular complexity index is 919. The van der Waals surface area contributed by atoms with Crippen LogP contribution in [0.3, 0.4) is 0 Å². The normalized spacial score (nSPS) is 12.0. The van der Waals surface area contributed by atoms with Crippen molar-refractivity contribution in [3.63, 3.8) is 0 Å². The smallest absolute Gasteiger partial charge is 0.270 e. The Balaban J connectivity index is 1.84. The molecule has 1 heterocycles. The van der Waals surface area contributed by atoms with Crippen molar-refractivity contribution in [1.82, 2.24) is 0 Å². The van der Waals surface area contributed by atoms with Crippen molar-refractivity contribution in [1.29, 1.82) is 0 Å². The molecular weight excluding hydrogens is 288 g/mol. The van der Waals surface area contributed by atoms with Crippen LogP contribution in [0.5, 0.6) is 0 Å². The second-order valence-corrected chi connectivity index (χ2v) is 5.60. The second kappa shape index (κ2) is 5.25. The van der Waals surface area contributed by atoms with Gasteiger partial charge in [-0.05, 0) is 34.4 Å². The van der Waals surface area contributed by atoms with Gasteiger partial charge in [0.2, 0.25) is 0 Å². The third-order valence-electron chi connectivity index (χ3n) is 4.20. The molecule has 3 aromatic rings. The number of hydrogen-bond acceptors (Lipinski definition) is 3. The van der Waals surface area contributed by atoms with Crippen molar-refractivity contribution < 1.29 is 4.92 Å². The van der Waals surface area contributed by atoms with Gasteiger partial charge < -0.3 is 5.32 Å². The van der Waals surface area contributed by atoms with Crippen LogP contribution >= 0.6 is 0 Å². The number of anilines is 2. The Hall–Kier alpha value is -3.14. The van der Waals surface area contributed by atoms with Gasteiger partial charge in [-0.15, -0.1) is 0 Å². The fraction of sp³-hybridized carbons (Fsp3) is 0.0526. The number of para-hydroxylation sites is 1. The molecule has 0 atom stereocenters. The lowest BCUT2D eigenvalue weighted by molar-refractivity contribution is -0.384. The van der Waals surface area contributed by atoms with Gasteiger partial charge in [-0.2, -0.15) is 0 Å². The molecule has 0 saturated heterocycles. The lowest BCUT2D eigenvalue weighted by Crippen LogP contribution is -2.07. The van der Waals surface area contributed by atoms with Crippen LogP contribution in [0.15, 0.2) is 66.7 Å². The van der Waals surface area contributed by atoms with Gasteiger partial charge in [0.15, 0.2) is 0 Å². The summed E-state index contributed by atoms with van der Waals surface area (Å²) in [5.41, 5.74) is 6.61. The molecule has 0 radical (unpaired) electrons. The fourth-order valence-corrected chi connectivity index (χ4v) is 3.08. The molecule has 4 nitrogen and oxygen atoms in total. The van der Waals surface area contributed by atoms with Crippen molar-refractivity contribution in [2.45, 2.75) is 6.42 Å². The molecule has 23 heavy (non-hydrogen) atoms. The lowest BCUT2D eigenvalue weighted by atomic mass is 9.90. The summed E-state index contributed by atoms with van der Waals surface area (Å²) in [5, 5.41) is 14.5. The second-order valence-electron chi connectivity index (χ2n) is 5.60. The number of rotatable bonds is 2. The minimum Gasteiger partial charge on any atom is -0.355 e. The van der Waals surface area contributed by atoms with Gasteiger partial charge in [0.1, 0.15) is 0 Å². The molecule has 0 unspecified atom stereocenters. The van der Waals surface area contributed by atoms with E-state index in [1.165, 1.54) is 17.2 Å². The highest BCUT2D eigenvalue weighted by Gasteiger charge is 2.18. The van der Waals surface area contributed by atoms with Crippen LogP contribution in [0.4, 0.5) is 17.1 Å². The molecule has 3 aromatic carbocycles. The van der Waals surface area contributed by atoms with Crippen molar-refractivity contribution >= 4 is 17.1 Å². The number of hydrogen-bond donors (Lipinski definition) is 1. The summed E-state index contributed by atoms with van der Waals surface area (Å²) < 4.78 is 0. The summed E-state index contributed by atoms with van der Waals surface area (Å²) in [6.45, 7) is 0. The number of fused-ring (bicyclic) bond motifs is 2. The monoisotopic (exact) mass is 302 g/mol. The van der Waals surface area contributed by atoms with Crippen molar-refractivity contribution in [3.05, 3.63) is 88.0 Å². The molecule has 4 heteroatoms. The molecule has 0 aromatic heterocycles. The highest BCUT2D eigenvalue weighted by atomic mass is 16.6. The molecule has 0 aliphatic carbocycles. The maximum absolute atomic E-state index is 11.0. The van der Waals surface area contributed by atoms with Crippen LogP contribution in [-0.2, 0) is 6.42 Å². The zero-order valence-corrected chi connectivity index (χ0v) is 12.3. The first kappa shape index (κ1) is 13.5. The van der Waals surface area contributed by atoms with E-state index in [1.54, 1.807) is 12.1 Å². The van der Waals surface area contributed by atoms with Crippen LogP contribution in [0.1, 0.15) is 11.1 Å². The van der Waals surface area contributed by atoms with Crippen LogP contribution in [-0.4, -0.2) is 4.92 Å². The van der Waals surface area contributed by atoms with Crippen LogP contribution in [0, 0.1) is 10.1 Å². The van der Waals surface area contributed by atoms with Crippen molar-refractivity contribution in [2.75, 3.05) is 5.32 Å². The maximum Gasteiger partial charge on any atom is 0.270 e. The standard InChI is InChI=1S/C19H14N2O2/c22-21(23)15-7-3-6-13(11-15)16-8-4-10-19-17(16)12-14-5-1-2-9-18(14)20-19/h1-11,20H,12H2. The Morgan fingerprint density at radius 3 is 2.57 bits per heavy atom. The number of benzene rings is 3. The lowest BCUT2D eigenvalue weighted by Gasteiger charge is -2.23. The average molecular weight is 302 g/mol. The van der Waals surface area contributed by atoms with Gasteiger partial charge >= 0.3 is 0 Å². The third-order valence-corrected chi connectivity index (χ3v) is 4.20. The first-order chi connectivity index (χ1) is 11.2. The minimum absolute atomic E-state index is 0.115. The molecule has 0 bridgehead atoms. The fourth-order valence-electron chi connectivity index (χ4n) is 3.08. The van der Waals surface area contributed by atoms with E-state index in [-0.39, 0.29) is 10.6 Å². The van der Waals surface area contributed by atoms with Crippen molar-refractivity contribution in [2.24, 2.45) is 0 Å². The topological polar surface area (TPSA) is 55.2 Å². The van der Waals surface area contributed by atoms with E-state index in [0.29, 0.717) is 0 Å². The highest BCUT2D eigenvalue weighted by molar-refractivity contribution is 5.81. The van der Waals surface area contributed by atoms with E-state index in [9.17, 15) is 10.1 Å². The predicted molar refractivity (Wildman–Crippen MR) is 91.1 cm³/mol. The molecule has 4 rings (SSSR count). The molecule has 1 N–H and O–H groups in total. The average Bonchev–Trinajstić information content (AvgIpc) is 2.59. The molecular formula is C19H14N2O2. The molecule has 0 saturated carbocycles. The van der Waals surface area contributed by atoms with E-state index in [2.05, 4.69) is 17.4 Å². The van der Waals surface area contributed by atoms with Crippen LogP contribution < -0.4 is 5.32 Å². The highest BCUT2D eigenvalue weighted by Crippen LogP contribution is 2.38. The quantitative estimate of drug-likeness (QED) is 0.423. The van der Waals surface area contributed by atoms with E-state index >= 15 is 0 Å². The van der Waals surface area contributed by atoms with E-state index in [1.807, 2.05) is 36.4 Å². The number of nitrogens with zero attached hydrogens (tertiary/aromatic N) is 1. The molecule has 1 aliphatic rings. The zero-order chi connectivity index (χ0) is 15.8. The van der Waals surface area contributed by atoms with E-state index in [4.69, 9.17) is 0 Å². The molecule has 112 valence electrons. The summed E-state index contributed by atoms with van der Waals surface area (Å²) in [6.07, 6.45) is 0.817. The third kappa shape index (κ3) is 2.34. The van der Waals surface area contributed by atoms with Crippen molar-refractivity contribution in [3.8, 4) is 11.1 Å². The van der Waals surface area contributed by atoms with Crippen LogP contribution in [0.2, 0.25) is 0 Å². The van der Waals surface area contributed by atoms with Gasteiger partial charge in [0.25, 0.3) is 5.69 Å². The summed E-state index contributed by atoms with van der Waals surface area (Å²) in [7, 11) is 0. The van der Waals surface area contributed by atoms with Crippen LogP contribution in [0.25, 0.3) is 11.1 Å².